The molecule has 1 saturated heterocycles. The molecule has 4 unspecified atom stereocenters. The van der Waals surface area contributed by atoms with Crippen LogP contribution in [0, 0.1) is 23.1 Å². The first-order valence-corrected chi connectivity index (χ1v) is 6.98. The van der Waals surface area contributed by atoms with Gasteiger partial charge in [-0.05, 0) is 11.6 Å². The number of allylic oxidation sites excluding steroid dienone is 1. The average Bonchev–Trinajstić information content (AvgIpc) is 2.89. The van der Waals surface area contributed by atoms with Gasteiger partial charge in [0.1, 0.15) is 11.9 Å². The van der Waals surface area contributed by atoms with Crippen molar-refractivity contribution in [1.29, 1.82) is 5.26 Å². The van der Waals surface area contributed by atoms with Gasteiger partial charge in [0.05, 0.1) is 18.2 Å². The van der Waals surface area contributed by atoms with Crippen LogP contribution in [0.5, 0.6) is 0 Å². The molecule has 0 spiro atoms. The topological polar surface area (TPSA) is 92.3 Å². The number of fused-ring (bicyclic) bond motifs is 1. The van der Waals surface area contributed by atoms with E-state index in [0.717, 1.165) is 0 Å². The molecular weight excluding hydrogens is 287 g/mol. The first kappa shape index (κ1) is 14.8. The number of nitrogens with zero attached hydrogens (tertiary/aromatic N) is 1. The molecule has 116 valence electrons. The highest BCUT2D eigenvalue weighted by atomic mass is 19.1. The Hall–Kier alpha value is -2.14. The summed E-state index contributed by atoms with van der Waals surface area (Å²) in [4.78, 5) is 0. The summed E-state index contributed by atoms with van der Waals surface area (Å²) in [5.41, 5.74) is 12.6. The fourth-order valence-corrected chi connectivity index (χ4v) is 3.20. The largest absolute Gasteiger partial charge is 0.458 e. The van der Waals surface area contributed by atoms with Crippen molar-refractivity contribution in [2.75, 3.05) is 13.7 Å². The number of nitrogens with one attached hydrogen (secondary N) is 2. The fourth-order valence-electron chi connectivity index (χ4n) is 3.20. The van der Waals surface area contributed by atoms with Gasteiger partial charge >= 0.3 is 0 Å². The Morgan fingerprint density at radius 3 is 2.86 bits per heavy atom. The summed E-state index contributed by atoms with van der Waals surface area (Å²) in [6.07, 6.45) is -0.443. The average molecular weight is 304 g/mol. The second-order valence-corrected chi connectivity index (χ2v) is 5.36. The van der Waals surface area contributed by atoms with E-state index in [-0.39, 0.29) is 29.2 Å². The van der Waals surface area contributed by atoms with E-state index in [2.05, 4.69) is 16.9 Å². The zero-order valence-electron chi connectivity index (χ0n) is 12.0. The predicted octanol–water partition coefficient (Wildman–Crippen LogP) is 0.698. The van der Waals surface area contributed by atoms with E-state index in [9.17, 15) is 9.65 Å². The molecule has 1 fully saturated rings. The number of hydrogen-bond donors (Lipinski definition) is 3. The lowest BCUT2D eigenvalue weighted by atomic mass is 9.75. The summed E-state index contributed by atoms with van der Waals surface area (Å²) in [6.45, 7) is 0.404. The first-order chi connectivity index (χ1) is 10.7. The minimum absolute atomic E-state index is 0.0318. The highest BCUT2D eigenvalue weighted by molar-refractivity contribution is 5.42. The molecule has 0 bridgehead atoms. The van der Waals surface area contributed by atoms with Crippen molar-refractivity contribution < 1.29 is 13.9 Å². The third-order valence-corrected chi connectivity index (χ3v) is 4.15. The highest BCUT2D eigenvalue weighted by Crippen LogP contribution is 2.43. The molecule has 1 aromatic carbocycles. The van der Waals surface area contributed by atoms with Crippen LogP contribution in [0.25, 0.3) is 0 Å². The number of rotatable bonds is 3. The maximum Gasteiger partial charge on any atom is 0.200 e. The second kappa shape index (κ2) is 5.93. The monoisotopic (exact) mass is 304 g/mol. The Bertz CT molecular complexity index is 643. The molecule has 3 rings (SSSR count). The molecule has 7 heteroatoms. The maximum atomic E-state index is 14.3. The zero-order chi connectivity index (χ0) is 15.7. The standard InChI is InChI=1S/C15H17FN4O2/c1-21-7-11-13-12(8-4-2-3-5-10(8)16)9(6-17)14(18)22-15(13)20-19-11/h2-5,11-13,15,19-20H,7,18H2,1H3. The number of nitriles is 1. The Labute approximate surface area is 127 Å². The SMILES string of the molecule is COCC1NNC2OC(N)=C(C#N)C(c3ccccc3F)C12. The molecule has 2 heterocycles. The van der Waals surface area contributed by atoms with E-state index >= 15 is 0 Å². The van der Waals surface area contributed by atoms with Crippen LogP contribution in [-0.4, -0.2) is 26.0 Å². The third-order valence-electron chi connectivity index (χ3n) is 4.15. The summed E-state index contributed by atoms with van der Waals surface area (Å²) < 4.78 is 25.1. The van der Waals surface area contributed by atoms with Gasteiger partial charge in [0.2, 0.25) is 5.88 Å². The van der Waals surface area contributed by atoms with Gasteiger partial charge < -0.3 is 15.2 Å². The van der Waals surface area contributed by atoms with Crippen molar-refractivity contribution in [1.82, 2.24) is 10.9 Å². The van der Waals surface area contributed by atoms with Gasteiger partial charge in [-0.3, -0.25) is 0 Å². The summed E-state index contributed by atoms with van der Waals surface area (Å²) in [7, 11) is 1.59. The molecule has 0 radical (unpaired) electrons. The molecule has 4 atom stereocenters. The summed E-state index contributed by atoms with van der Waals surface area (Å²) >= 11 is 0. The lowest BCUT2D eigenvalue weighted by molar-refractivity contribution is 0.0274. The van der Waals surface area contributed by atoms with Crippen LogP contribution in [0.3, 0.4) is 0 Å². The molecular formula is C15H17FN4O2. The van der Waals surface area contributed by atoms with Gasteiger partial charge in [0, 0.05) is 18.9 Å². The Morgan fingerprint density at radius 2 is 2.18 bits per heavy atom. The van der Waals surface area contributed by atoms with Gasteiger partial charge in [-0.15, -0.1) is 0 Å². The lowest BCUT2D eigenvalue weighted by Gasteiger charge is -2.35. The van der Waals surface area contributed by atoms with E-state index in [1.165, 1.54) is 6.07 Å². The number of benzene rings is 1. The lowest BCUT2D eigenvalue weighted by Crippen LogP contribution is -2.42. The van der Waals surface area contributed by atoms with Gasteiger partial charge in [-0.1, -0.05) is 18.2 Å². The van der Waals surface area contributed by atoms with Gasteiger partial charge in [-0.25, -0.2) is 15.2 Å². The number of ether oxygens (including phenoxy) is 2. The van der Waals surface area contributed by atoms with E-state index in [1.54, 1.807) is 25.3 Å². The minimum Gasteiger partial charge on any atom is -0.458 e. The van der Waals surface area contributed by atoms with Crippen LogP contribution in [0.4, 0.5) is 4.39 Å². The molecule has 2 aliphatic heterocycles. The summed E-state index contributed by atoms with van der Waals surface area (Å²) in [5, 5.41) is 9.46. The minimum atomic E-state index is -0.493. The third kappa shape index (κ3) is 2.31. The predicted molar refractivity (Wildman–Crippen MR) is 76.3 cm³/mol. The van der Waals surface area contributed by atoms with Crippen LogP contribution in [0.1, 0.15) is 11.5 Å². The van der Waals surface area contributed by atoms with Crippen molar-refractivity contribution in [3.63, 3.8) is 0 Å². The Kier molecular flexibility index (Phi) is 3.98. The van der Waals surface area contributed by atoms with E-state index in [4.69, 9.17) is 15.2 Å². The molecule has 6 nitrogen and oxygen atoms in total. The molecule has 1 aromatic rings. The van der Waals surface area contributed by atoms with Crippen LogP contribution >= 0.6 is 0 Å². The highest BCUT2D eigenvalue weighted by Gasteiger charge is 2.49. The zero-order valence-corrected chi connectivity index (χ0v) is 12.0. The van der Waals surface area contributed by atoms with Crippen molar-refractivity contribution in [3.8, 4) is 6.07 Å². The van der Waals surface area contributed by atoms with Crippen LogP contribution in [0.2, 0.25) is 0 Å². The second-order valence-electron chi connectivity index (χ2n) is 5.36. The van der Waals surface area contributed by atoms with Crippen LogP contribution < -0.4 is 16.6 Å². The van der Waals surface area contributed by atoms with E-state index in [1.807, 2.05) is 0 Å². The number of halogens is 1. The van der Waals surface area contributed by atoms with E-state index in [0.29, 0.717) is 12.2 Å². The quantitative estimate of drug-likeness (QED) is 0.761. The molecule has 4 N–H and O–H groups in total. The number of nitrogens with two attached hydrogens (primary N) is 1. The van der Waals surface area contributed by atoms with Crippen LogP contribution in [-0.2, 0) is 9.47 Å². The molecule has 0 aromatic heterocycles. The van der Waals surface area contributed by atoms with Gasteiger partial charge in [-0.2, -0.15) is 5.26 Å². The number of methoxy groups -OCH3 is 1. The Balaban J connectivity index is 2.10. The first-order valence-electron chi connectivity index (χ1n) is 6.98. The van der Waals surface area contributed by atoms with E-state index < -0.39 is 12.1 Å². The summed E-state index contributed by atoms with van der Waals surface area (Å²) in [6, 6.07) is 8.36. The summed E-state index contributed by atoms with van der Waals surface area (Å²) in [5.74, 6) is -1.03. The van der Waals surface area contributed by atoms with Gasteiger partial charge in [0.15, 0.2) is 6.23 Å². The smallest absolute Gasteiger partial charge is 0.200 e. The van der Waals surface area contributed by atoms with Crippen LogP contribution in [0.15, 0.2) is 35.7 Å². The van der Waals surface area contributed by atoms with Crippen molar-refractivity contribution in [3.05, 3.63) is 47.1 Å². The molecule has 0 aliphatic carbocycles. The Morgan fingerprint density at radius 1 is 1.41 bits per heavy atom. The maximum absolute atomic E-state index is 14.3. The van der Waals surface area contributed by atoms with Gasteiger partial charge in [0.25, 0.3) is 0 Å². The van der Waals surface area contributed by atoms with Crippen molar-refractivity contribution >= 4 is 0 Å². The number of hydrazine groups is 1. The van der Waals surface area contributed by atoms with Crippen molar-refractivity contribution in [2.24, 2.45) is 11.7 Å². The molecule has 0 amide bonds. The van der Waals surface area contributed by atoms with Crippen molar-refractivity contribution in [2.45, 2.75) is 18.2 Å². The molecule has 0 saturated carbocycles. The normalized spacial score (nSPS) is 30.6. The number of hydrogen-bond acceptors (Lipinski definition) is 6. The molecule has 22 heavy (non-hydrogen) atoms. The molecule has 2 aliphatic rings. The fraction of sp³-hybridized carbons (Fsp3) is 0.400.